The number of halogens is 1. The summed E-state index contributed by atoms with van der Waals surface area (Å²) in [6.07, 6.45) is 0. The summed E-state index contributed by atoms with van der Waals surface area (Å²) in [5, 5.41) is 15.0. The Labute approximate surface area is 120 Å². The maximum atomic E-state index is 10.8. The number of fused-ring (bicyclic) bond motifs is 1. The van der Waals surface area contributed by atoms with Crippen molar-refractivity contribution in [3.8, 4) is 0 Å². The van der Waals surface area contributed by atoms with E-state index in [1.54, 1.807) is 4.68 Å². The van der Waals surface area contributed by atoms with E-state index >= 15 is 0 Å². The summed E-state index contributed by atoms with van der Waals surface area (Å²) in [4.78, 5) is 12.5. The molecule has 0 unspecified atom stereocenters. The molecule has 0 saturated heterocycles. The zero-order valence-electron chi connectivity index (χ0n) is 10.7. The number of benzene rings is 1. The number of hydrogen-bond donors (Lipinski definition) is 0. The minimum atomic E-state index is -0.533. The molecule has 0 spiro atoms. The summed E-state index contributed by atoms with van der Waals surface area (Å²) in [6, 6.07) is 10.1. The van der Waals surface area contributed by atoms with E-state index in [2.05, 4.69) is 22.1 Å². The molecule has 0 fully saturated rings. The Balaban J connectivity index is 1.80. The third kappa shape index (κ3) is 2.39. The second-order valence-corrected chi connectivity index (χ2v) is 5.14. The van der Waals surface area contributed by atoms with Crippen molar-refractivity contribution < 1.29 is 4.92 Å². The van der Waals surface area contributed by atoms with Crippen LogP contribution in [0.2, 0.25) is 5.02 Å². The van der Waals surface area contributed by atoms with Crippen LogP contribution in [0.5, 0.6) is 0 Å². The maximum Gasteiger partial charge on any atom is 0.409 e. The second-order valence-electron chi connectivity index (χ2n) is 4.76. The molecule has 1 aromatic carbocycles. The van der Waals surface area contributed by atoms with Gasteiger partial charge in [-0.3, -0.25) is 4.90 Å². The van der Waals surface area contributed by atoms with Gasteiger partial charge in [0, 0.05) is 19.6 Å². The Bertz CT molecular complexity index is 641. The lowest BCUT2D eigenvalue weighted by atomic mass is 10.2. The Morgan fingerprint density at radius 3 is 2.75 bits per heavy atom. The van der Waals surface area contributed by atoms with E-state index in [0.29, 0.717) is 13.1 Å². The first-order valence-corrected chi connectivity index (χ1v) is 6.69. The number of hydrogen-bond acceptors (Lipinski definition) is 4. The molecule has 0 N–H and O–H groups in total. The topological polar surface area (TPSA) is 64.2 Å². The summed E-state index contributed by atoms with van der Waals surface area (Å²) >= 11 is 6.05. The zero-order valence-corrected chi connectivity index (χ0v) is 11.5. The van der Waals surface area contributed by atoms with Crippen molar-refractivity contribution >= 4 is 17.4 Å². The van der Waals surface area contributed by atoms with Gasteiger partial charge in [-0.25, -0.2) is 0 Å². The third-order valence-corrected chi connectivity index (χ3v) is 3.79. The Morgan fingerprint density at radius 1 is 1.30 bits per heavy atom. The van der Waals surface area contributed by atoms with Crippen LogP contribution in [0.4, 0.5) is 5.82 Å². The molecule has 2 heterocycles. The average molecular weight is 293 g/mol. The minimum Gasteiger partial charge on any atom is -0.358 e. The molecule has 1 aromatic heterocycles. The summed E-state index contributed by atoms with van der Waals surface area (Å²) < 4.78 is 1.64. The fourth-order valence-corrected chi connectivity index (χ4v) is 2.68. The predicted molar refractivity (Wildman–Crippen MR) is 74.4 cm³/mol. The molecule has 20 heavy (non-hydrogen) atoms. The fraction of sp³-hybridized carbons (Fsp3) is 0.308. The van der Waals surface area contributed by atoms with E-state index in [0.717, 1.165) is 18.8 Å². The van der Waals surface area contributed by atoms with E-state index in [1.165, 1.54) is 5.56 Å². The van der Waals surface area contributed by atoms with Gasteiger partial charge in [0.1, 0.15) is 5.69 Å². The highest BCUT2D eigenvalue weighted by Crippen LogP contribution is 2.30. The maximum absolute atomic E-state index is 10.8. The van der Waals surface area contributed by atoms with E-state index in [4.69, 9.17) is 11.6 Å². The first kappa shape index (κ1) is 13.1. The molecule has 6 nitrogen and oxygen atoms in total. The molecule has 0 saturated carbocycles. The molecule has 3 rings (SSSR count). The Kier molecular flexibility index (Phi) is 3.42. The van der Waals surface area contributed by atoms with Crippen molar-refractivity contribution in [2.24, 2.45) is 0 Å². The van der Waals surface area contributed by atoms with Crippen LogP contribution >= 0.6 is 11.6 Å². The van der Waals surface area contributed by atoms with Gasteiger partial charge >= 0.3 is 5.82 Å². The SMILES string of the molecule is O=[N+]([O-])c1nn2c(c1Cl)CN(Cc1ccccc1)CC2. The number of nitrogens with zero attached hydrogens (tertiary/aromatic N) is 4. The Hall–Kier alpha value is -1.92. The molecular weight excluding hydrogens is 280 g/mol. The molecule has 1 aliphatic rings. The highest BCUT2D eigenvalue weighted by Gasteiger charge is 2.30. The number of aromatic nitrogens is 2. The largest absolute Gasteiger partial charge is 0.409 e. The normalized spacial score (nSPS) is 15.1. The molecule has 1 aliphatic heterocycles. The van der Waals surface area contributed by atoms with Gasteiger partial charge in [-0.2, -0.15) is 4.68 Å². The summed E-state index contributed by atoms with van der Waals surface area (Å²) in [5.74, 6) is -0.247. The molecule has 104 valence electrons. The lowest BCUT2D eigenvalue weighted by Crippen LogP contribution is -2.33. The van der Waals surface area contributed by atoms with Crippen molar-refractivity contribution in [1.82, 2.24) is 14.7 Å². The first-order valence-electron chi connectivity index (χ1n) is 6.31. The van der Waals surface area contributed by atoms with Crippen molar-refractivity contribution in [3.63, 3.8) is 0 Å². The third-order valence-electron chi connectivity index (χ3n) is 3.40. The van der Waals surface area contributed by atoms with E-state index < -0.39 is 4.92 Å². The van der Waals surface area contributed by atoms with Crippen molar-refractivity contribution in [1.29, 1.82) is 0 Å². The molecule has 0 atom stereocenters. The monoisotopic (exact) mass is 292 g/mol. The summed E-state index contributed by atoms with van der Waals surface area (Å²) in [7, 11) is 0. The van der Waals surface area contributed by atoms with E-state index in [-0.39, 0.29) is 10.8 Å². The Morgan fingerprint density at radius 2 is 2.05 bits per heavy atom. The van der Waals surface area contributed by atoms with Gasteiger partial charge in [-0.1, -0.05) is 41.9 Å². The zero-order chi connectivity index (χ0) is 14.1. The summed E-state index contributed by atoms with van der Waals surface area (Å²) in [5.41, 5.74) is 1.94. The fourth-order valence-electron chi connectivity index (χ4n) is 2.42. The molecule has 0 aliphatic carbocycles. The van der Waals surface area contributed by atoms with Crippen molar-refractivity contribution in [3.05, 3.63) is 56.7 Å². The van der Waals surface area contributed by atoms with Gasteiger partial charge in [0.25, 0.3) is 0 Å². The van der Waals surface area contributed by atoms with Crippen LogP contribution in [0, 0.1) is 10.1 Å². The van der Waals surface area contributed by atoms with Crippen molar-refractivity contribution in [2.45, 2.75) is 19.6 Å². The van der Waals surface area contributed by atoms with Crippen LogP contribution in [-0.2, 0) is 19.6 Å². The number of nitro groups is 1. The van der Waals surface area contributed by atoms with Gasteiger partial charge < -0.3 is 10.1 Å². The molecule has 0 amide bonds. The van der Waals surface area contributed by atoms with Crippen molar-refractivity contribution in [2.75, 3.05) is 6.54 Å². The lowest BCUT2D eigenvalue weighted by molar-refractivity contribution is -0.389. The first-order chi connectivity index (χ1) is 9.65. The highest BCUT2D eigenvalue weighted by atomic mass is 35.5. The smallest absolute Gasteiger partial charge is 0.358 e. The van der Waals surface area contributed by atoms with Gasteiger partial charge in [-0.05, 0) is 10.5 Å². The standard InChI is InChI=1S/C13H13ClN4O2/c14-12-11-9-16(8-10-4-2-1-3-5-10)6-7-17(11)15-13(12)18(19)20/h1-5H,6-9H2. The van der Waals surface area contributed by atoms with E-state index in [1.807, 2.05) is 18.2 Å². The molecule has 2 aromatic rings. The minimum absolute atomic E-state index is 0.160. The van der Waals surface area contributed by atoms with Crippen LogP contribution in [0.1, 0.15) is 11.3 Å². The van der Waals surface area contributed by atoms with Gasteiger partial charge in [0.05, 0.1) is 11.6 Å². The molecule has 7 heteroatoms. The average Bonchev–Trinajstić information content (AvgIpc) is 2.77. The van der Waals surface area contributed by atoms with Crippen LogP contribution in [0.25, 0.3) is 0 Å². The van der Waals surface area contributed by atoms with Crippen LogP contribution in [0.15, 0.2) is 30.3 Å². The second kappa shape index (κ2) is 5.22. The quantitative estimate of drug-likeness (QED) is 0.644. The highest BCUT2D eigenvalue weighted by molar-refractivity contribution is 6.33. The molecular formula is C13H13ClN4O2. The summed E-state index contributed by atoms with van der Waals surface area (Å²) in [6.45, 7) is 2.80. The lowest BCUT2D eigenvalue weighted by Gasteiger charge is -2.26. The number of rotatable bonds is 3. The van der Waals surface area contributed by atoms with Gasteiger partial charge in [-0.15, -0.1) is 0 Å². The van der Waals surface area contributed by atoms with Gasteiger partial charge in [0.15, 0.2) is 5.02 Å². The van der Waals surface area contributed by atoms with Gasteiger partial charge in [0.2, 0.25) is 0 Å². The van der Waals surface area contributed by atoms with Crippen LogP contribution in [-0.4, -0.2) is 26.1 Å². The predicted octanol–water partition coefficient (Wildman–Crippen LogP) is 2.46. The van der Waals surface area contributed by atoms with E-state index in [9.17, 15) is 10.1 Å². The molecule has 0 radical (unpaired) electrons. The molecule has 0 bridgehead atoms. The van der Waals surface area contributed by atoms with Crippen LogP contribution in [0.3, 0.4) is 0 Å². The van der Waals surface area contributed by atoms with Crippen LogP contribution < -0.4 is 0 Å².